The molecule has 1 fully saturated rings. The van der Waals surface area contributed by atoms with E-state index in [1.807, 2.05) is 7.05 Å². The summed E-state index contributed by atoms with van der Waals surface area (Å²) in [6, 6.07) is 6.63. The van der Waals surface area contributed by atoms with Crippen molar-refractivity contribution in [3.63, 3.8) is 0 Å². The molecule has 4 heteroatoms. The number of benzene rings is 1. The first-order valence-corrected chi connectivity index (χ1v) is 8.17. The van der Waals surface area contributed by atoms with Crippen molar-refractivity contribution in [2.75, 3.05) is 26.7 Å². The number of hydrogen-bond acceptors (Lipinski definition) is 2. The van der Waals surface area contributed by atoms with Gasteiger partial charge in [0.1, 0.15) is 0 Å². The predicted octanol–water partition coefficient (Wildman–Crippen LogP) is 2.58. The molecule has 0 aliphatic carbocycles. The van der Waals surface area contributed by atoms with E-state index in [9.17, 15) is 0 Å². The first kappa shape index (κ1) is 16.8. The zero-order valence-electron chi connectivity index (χ0n) is 14.3. The standard InChI is InChI=1S/C18H29N3O/c1-14-6-7-16(15(2)12-14)8-10-20-17(19-4)21-13-18(3)9-5-11-22-18/h6-7,12H,5,8-11,13H2,1-4H3,(H2,19,20,21). The van der Waals surface area contributed by atoms with E-state index in [-0.39, 0.29) is 5.60 Å². The lowest BCUT2D eigenvalue weighted by Gasteiger charge is -2.24. The fourth-order valence-electron chi connectivity index (χ4n) is 2.91. The normalized spacial score (nSPS) is 21.9. The smallest absolute Gasteiger partial charge is 0.191 e. The molecular weight excluding hydrogens is 274 g/mol. The van der Waals surface area contributed by atoms with Crippen molar-refractivity contribution in [1.29, 1.82) is 0 Å². The van der Waals surface area contributed by atoms with E-state index in [0.717, 1.165) is 44.9 Å². The van der Waals surface area contributed by atoms with Crippen LogP contribution in [0.5, 0.6) is 0 Å². The van der Waals surface area contributed by atoms with Gasteiger partial charge in [0.15, 0.2) is 5.96 Å². The second-order valence-electron chi connectivity index (χ2n) is 6.43. The van der Waals surface area contributed by atoms with Gasteiger partial charge in [-0.3, -0.25) is 4.99 Å². The summed E-state index contributed by atoms with van der Waals surface area (Å²) in [5, 5.41) is 6.76. The maximum atomic E-state index is 5.79. The van der Waals surface area contributed by atoms with Crippen LogP contribution >= 0.6 is 0 Å². The van der Waals surface area contributed by atoms with Crippen LogP contribution in [0.4, 0.5) is 0 Å². The van der Waals surface area contributed by atoms with Crippen LogP contribution in [0.1, 0.15) is 36.5 Å². The zero-order valence-corrected chi connectivity index (χ0v) is 14.3. The van der Waals surface area contributed by atoms with E-state index in [0.29, 0.717) is 0 Å². The van der Waals surface area contributed by atoms with Crippen LogP contribution in [-0.4, -0.2) is 38.3 Å². The zero-order chi connectivity index (χ0) is 16.0. The molecule has 0 amide bonds. The molecule has 4 nitrogen and oxygen atoms in total. The van der Waals surface area contributed by atoms with Crippen molar-refractivity contribution in [2.45, 2.75) is 45.6 Å². The van der Waals surface area contributed by atoms with Gasteiger partial charge in [-0.15, -0.1) is 0 Å². The minimum absolute atomic E-state index is 0.0504. The first-order valence-electron chi connectivity index (χ1n) is 8.17. The Balaban J connectivity index is 1.76. The molecule has 2 N–H and O–H groups in total. The van der Waals surface area contributed by atoms with Crippen molar-refractivity contribution in [3.8, 4) is 0 Å². The Labute approximate surface area is 134 Å². The molecule has 1 atom stereocenters. The molecule has 1 aromatic carbocycles. The van der Waals surface area contributed by atoms with Crippen molar-refractivity contribution < 1.29 is 4.74 Å². The van der Waals surface area contributed by atoms with Gasteiger partial charge in [0.2, 0.25) is 0 Å². The van der Waals surface area contributed by atoms with Gasteiger partial charge in [-0.2, -0.15) is 0 Å². The lowest BCUT2D eigenvalue weighted by Crippen LogP contribution is -2.45. The molecule has 1 heterocycles. The van der Waals surface area contributed by atoms with Crippen LogP contribution < -0.4 is 10.6 Å². The molecule has 1 aliphatic heterocycles. The summed E-state index contributed by atoms with van der Waals surface area (Å²) >= 11 is 0. The molecule has 0 aromatic heterocycles. The summed E-state index contributed by atoms with van der Waals surface area (Å²) in [7, 11) is 1.81. The van der Waals surface area contributed by atoms with E-state index >= 15 is 0 Å². The molecule has 1 saturated heterocycles. The second-order valence-corrected chi connectivity index (χ2v) is 6.43. The Kier molecular flexibility index (Phi) is 5.83. The number of aliphatic imine (C=N–C) groups is 1. The van der Waals surface area contributed by atoms with Crippen LogP contribution in [-0.2, 0) is 11.2 Å². The first-order chi connectivity index (χ1) is 10.5. The Hall–Kier alpha value is -1.55. The Morgan fingerprint density at radius 3 is 2.77 bits per heavy atom. The highest BCUT2D eigenvalue weighted by atomic mass is 16.5. The van der Waals surface area contributed by atoms with E-state index in [4.69, 9.17) is 4.74 Å². The van der Waals surface area contributed by atoms with Crippen molar-refractivity contribution in [1.82, 2.24) is 10.6 Å². The molecule has 1 aromatic rings. The molecule has 0 bridgehead atoms. The fourth-order valence-corrected chi connectivity index (χ4v) is 2.91. The number of guanidine groups is 1. The number of nitrogens with zero attached hydrogens (tertiary/aromatic N) is 1. The molecule has 1 aliphatic rings. The highest BCUT2D eigenvalue weighted by molar-refractivity contribution is 5.79. The van der Waals surface area contributed by atoms with Crippen LogP contribution in [0, 0.1) is 13.8 Å². The minimum Gasteiger partial charge on any atom is -0.373 e. The average molecular weight is 303 g/mol. The summed E-state index contributed by atoms with van der Waals surface area (Å²) in [5.74, 6) is 0.849. The summed E-state index contributed by atoms with van der Waals surface area (Å²) < 4.78 is 5.79. The minimum atomic E-state index is -0.0504. The van der Waals surface area contributed by atoms with Crippen molar-refractivity contribution >= 4 is 5.96 Å². The van der Waals surface area contributed by atoms with Gasteiger partial charge in [-0.25, -0.2) is 0 Å². The van der Waals surface area contributed by atoms with Crippen molar-refractivity contribution in [2.24, 2.45) is 4.99 Å². The third-order valence-corrected chi connectivity index (χ3v) is 4.34. The second kappa shape index (κ2) is 7.63. The summed E-state index contributed by atoms with van der Waals surface area (Å²) in [6.07, 6.45) is 3.26. The summed E-state index contributed by atoms with van der Waals surface area (Å²) in [6.45, 7) is 9.02. The van der Waals surface area contributed by atoms with Gasteiger partial charge in [0.25, 0.3) is 0 Å². The highest BCUT2D eigenvalue weighted by Crippen LogP contribution is 2.23. The van der Waals surface area contributed by atoms with Crippen LogP contribution in [0.25, 0.3) is 0 Å². The maximum absolute atomic E-state index is 5.79. The maximum Gasteiger partial charge on any atom is 0.191 e. The van der Waals surface area contributed by atoms with Crippen LogP contribution in [0.15, 0.2) is 23.2 Å². The lowest BCUT2D eigenvalue weighted by atomic mass is 10.0. The Morgan fingerprint density at radius 2 is 2.14 bits per heavy atom. The highest BCUT2D eigenvalue weighted by Gasteiger charge is 2.29. The number of aryl methyl sites for hydroxylation is 2. The number of hydrogen-bond donors (Lipinski definition) is 2. The summed E-state index contributed by atoms with van der Waals surface area (Å²) in [4.78, 5) is 4.29. The Bertz CT molecular complexity index is 519. The van der Waals surface area contributed by atoms with Gasteiger partial charge in [-0.05, 0) is 51.2 Å². The van der Waals surface area contributed by atoms with Crippen LogP contribution in [0.3, 0.4) is 0 Å². The molecule has 122 valence electrons. The van der Waals surface area contributed by atoms with E-state index in [2.05, 4.69) is 54.6 Å². The van der Waals surface area contributed by atoms with Gasteiger partial charge in [0, 0.05) is 26.7 Å². The molecule has 0 spiro atoms. The van der Waals surface area contributed by atoms with Gasteiger partial charge < -0.3 is 15.4 Å². The van der Waals surface area contributed by atoms with E-state index in [1.165, 1.54) is 16.7 Å². The van der Waals surface area contributed by atoms with Gasteiger partial charge in [0.05, 0.1) is 5.60 Å². The Morgan fingerprint density at radius 1 is 1.32 bits per heavy atom. The fraction of sp³-hybridized carbons (Fsp3) is 0.611. The quantitative estimate of drug-likeness (QED) is 0.649. The molecule has 2 rings (SSSR count). The number of nitrogens with one attached hydrogen (secondary N) is 2. The molecule has 22 heavy (non-hydrogen) atoms. The van der Waals surface area contributed by atoms with Crippen LogP contribution in [0.2, 0.25) is 0 Å². The number of ether oxygens (including phenoxy) is 1. The molecule has 0 radical (unpaired) electrons. The van der Waals surface area contributed by atoms with Gasteiger partial charge in [-0.1, -0.05) is 23.8 Å². The monoisotopic (exact) mass is 303 g/mol. The van der Waals surface area contributed by atoms with Gasteiger partial charge >= 0.3 is 0 Å². The summed E-state index contributed by atoms with van der Waals surface area (Å²) in [5.41, 5.74) is 4.01. The molecular formula is C18H29N3O. The topological polar surface area (TPSA) is 45.7 Å². The van der Waals surface area contributed by atoms with E-state index < -0.39 is 0 Å². The van der Waals surface area contributed by atoms with E-state index in [1.54, 1.807) is 0 Å². The molecule has 0 saturated carbocycles. The SMILES string of the molecule is CN=C(NCCc1ccc(C)cc1C)NCC1(C)CCCO1. The lowest BCUT2D eigenvalue weighted by molar-refractivity contribution is 0.0243. The molecule has 1 unspecified atom stereocenters. The van der Waals surface area contributed by atoms with Crippen molar-refractivity contribution in [3.05, 3.63) is 34.9 Å². The largest absolute Gasteiger partial charge is 0.373 e. The third-order valence-electron chi connectivity index (χ3n) is 4.34. The predicted molar refractivity (Wildman–Crippen MR) is 92.6 cm³/mol. The number of rotatable bonds is 5. The third kappa shape index (κ3) is 4.73. The average Bonchev–Trinajstić information content (AvgIpc) is 2.92.